The Morgan fingerprint density at radius 3 is 2.17 bits per heavy atom. The lowest BCUT2D eigenvalue weighted by Gasteiger charge is -2.16. The van der Waals surface area contributed by atoms with Crippen LogP contribution in [-0.2, 0) is 4.79 Å². The summed E-state index contributed by atoms with van der Waals surface area (Å²) < 4.78 is 38.5. The zero-order chi connectivity index (χ0) is 13.9. The largest absolute Gasteiger partial charge is 0.481 e. The third-order valence-corrected chi connectivity index (χ3v) is 2.24. The van der Waals surface area contributed by atoms with Gasteiger partial charge in [-0.3, -0.25) is 9.59 Å². The molecule has 1 aromatic rings. The molecule has 0 aliphatic rings. The smallest absolute Gasteiger partial charge is 0.305 e. The van der Waals surface area contributed by atoms with Gasteiger partial charge < -0.3 is 10.0 Å². The Morgan fingerprint density at radius 1 is 1.22 bits per heavy atom. The van der Waals surface area contributed by atoms with Gasteiger partial charge in [-0.1, -0.05) is 0 Å². The lowest BCUT2D eigenvalue weighted by molar-refractivity contribution is -0.137. The van der Waals surface area contributed by atoms with E-state index in [1.54, 1.807) is 0 Å². The monoisotopic (exact) mass is 261 g/mol. The number of benzene rings is 1. The summed E-state index contributed by atoms with van der Waals surface area (Å²) in [6.45, 7) is -0.116. The number of carboxylic acid groups (broad SMARTS) is 1. The molecular formula is C11H10F3NO3. The van der Waals surface area contributed by atoms with Crippen molar-refractivity contribution in [1.82, 2.24) is 4.90 Å². The van der Waals surface area contributed by atoms with Gasteiger partial charge in [-0.05, 0) is 12.1 Å². The molecule has 1 amide bonds. The highest BCUT2D eigenvalue weighted by atomic mass is 19.2. The lowest BCUT2D eigenvalue weighted by atomic mass is 10.2. The first-order valence-corrected chi connectivity index (χ1v) is 4.94. The number of nitrogens with zero attached hydrogens (tertiary/aromatic N) is 1. The van der Waals surface area contributed by atoms with Crippen LogP contribution in [0.1, 0.15) is 16.8 Å². The van der Waals surface area contributed by atoms with Gasteiger partial charge in [0.25, 0.3) is 5.91 Å². The zero-order valence-corrected chi connectivity index (χ0v) is 9.41. The fourth-order valence-corrected chi connectivity index (χ4v) is 1.26. The van der Waals surface area contributed by atoms with E-state index in [1.807, 2.05) is 0 Å². The molecule has 0 aliphatic heterocycles. The normalized spacial score (nSPS) is 10.2. The fraction of sp³-hybridized carbons (Fsp3) is 0.273. The summed E-state index contributed by atoms with van der Waals surface area (Å²) in [5.74, 6) is -6.48. The van der Waals surface area contributed by atoms with E-state index in [0.717, 1.165) is 4.90 Å². The summed E-state index contributed by atoms with van der Waals surface area (Å²) in [6.07, 6.45) is -0.297. The minimum Gasteiger partial charge on any atom is -0.481 e. The SMILES string of the molecule is CN(CCC(=O)O)C(=O)c1cc(F)c(F)c(F)c1. The molecule has 0 atom stereocenters. The van der Waals surface area contributed by atoms with E-state index in [0.29, 0.717) is 12.1 Å². The zero-order valence-electron chi connectivity index (χ0n) is 9.41. The maximum Gasteiger partial charge on any atom is 0.305 e. The summed E-state index contributed by atoms with van der Waals surface area (Å²) in [7, 11) is 1.28. The van der Waals surface area contributed by atoms with E-state index >= 15 is 0 Å². The maximum absolute atomic E-state index is 12.9. The van der Waals surface area contributed by atoms with Gasteiger partial charge in [0.05, 0.1) is 6.42 Å². The first kappa shape index (κ1) is 14.0. The second kappa shape index (κ2) is 5.52. The van der Waals surface area contributed by atoms with E-state index in [2.05, 4.69) is 0 Å². The molecule has 4 nitrogen and oxygen atoms in total. The number of hydrogen-bond acceptors (Lipinski definition) is 2. The van der Waals surface area contributed by atoms with Crippen LogP contribution in [0.5, 0.6) is 0 Å². The number of hydrogen-bond donors (Lipinski definition) is 1. The number of aliphatic carboxylic acids is 1. The highest BCUT2D eigenvalue weighted by Gasteiger charge is 2.18. The first-order chi connectivity index (χ1) is 8.32. The quantitative estimate of drug-likeness (QED) is 0.838. The van der Waals surface area contributed by atoms with Crippen LogP contribution in [0.4, 0.5) is 13.2 Å². The van der Waals surface area contributed by atoms with Crippen LogP contribution < -0.4 is 0 Å². The number of carboxylic acids is 1. The van der Waals surface area contributed by atoms with Crippen LogP contribution in [-0.4, -0.2) is 35.5 Å². The minimum atomic E-state index is -1.65. The number of rotatable bonds is 4. The second-order valence-electron chi connectivity index (χ2n) is 3.62. The van der Waals surface area contributed by atoms with Crippen LogP contribution in [0.3, 0.4) is 0 Å². The molecule has 1 N–H and O–H groups in total. The second-order valence-corrected chi connectivity index (χ2v) is 3.62. The van der Waals surface area contributed by atoms with Crippen molar-refractivity contribution < 1.29 is 27.9 Å². The van der Waals surface area contributed by atoms with E-state index in [9.17, 15) is 22.8 Å². The van der Waals surface area contributed by atoms with Gasteiger partial charge in [0, 0.05) is 19.2 Å². The number of carbonyl (C=O) groups excluding carboxylic acids is 1. The molecule has 18 heavy (non-hydrogen) atoms. The predicted molar refractivity (Wildman–Crippen MR) is 55.5 cm³/mol. The molecule has 0 saturated carbocycles. The molecule has 1 rings (SSSR count). The summed E-state index contributed by atoms with van der Waals surface area (Å²) in [5.41, 5.74) is -0.376. The Labute approximate surface area is 101 Å². The molecule has 0 heterocycles. The Morgan fingerprint density at radius 2 is 1.72 bits per heavy atom. The Hall–Kier alpha value is -2.05. The van der Waals surface area contributed by atoms with Crippen molar-refractivity contribution >= 4 is 11.9 Å². The third-order valence-electron chi connectivity index (χ3n) is 2.24. The van der Waals surface area contributed by atoms with Crippen molar-refractivity contribution in [2.75, 3.05) is 13.6 Å². The number of amides is 1. The van der Waals surface area contributed by atoms with Crippen LogP contribution in [0.25, 0.3) is 0 Å². The lowest BCUT2D eigenvalue weighted by Crippen LogP contribution is -2.29. The van der Waals surface area contributed by atoms with E-state index < -0.39 is 29.3 Å². The van der Waals surface area contributed by atoms with Gasteiger partial charge >= 0.3 is 5.97 Å². The molecule has 7 heteroatoms. The highest BCUT2D eigenvalue weighted by Crippen LogP contribution is 2.14. The van der Waals surface area contributed by atoms with E-state index in [-0.39, 0.29) is 18.5 Å². The summed E-state index contributed by atoms with van der Waals surface area (Å²) in [5, 5.41) is 8.43. The third kappa shape index (κ3) is 3.22. The van der Waals surface area contributed by atoms with Gasteiger partial charge in [0.15, 0.2) is 17.5 Å². The highest BCUT2D eigenvalue weighted by molar-refractivity contribution is 5.94. The molecule has 0 aromatic heterocycles. The van der Waals surface area contributed by atoms with Crippen LogP contribution in [0.2, 0.25) is 0 Å². The average Bonchev–Trinajstić information content (AvgIpc) is 2.31. The van der Waals surface area contributed by atoms with Crippen molar-refractivity contribution in [3.63, 3.8) is 0 Å². The molecule has 1 aromatic carbocycles. The molecule has 0 unspecified atom stereocenters. The van der Waals surface area contributed by atoms with Crippen molar-refractivity contribution in [3.05, 3.63) is 35.1 Å². The van der Waals surface area contributed by atoms with Gasteiger partial charge in [-0.15, -0.1) is 0 Å². The first-order valence-electron chi connectivity index (χ1n) is 4.94. The van der Waals surface area contributed by atoms with Crippen LogP contribution in [0, 0.1) is 17.5 Å². The molecule has 0 fully saturated rings. The molecule has 0 bridgehead atoms. The average molecular weight is 261 g/mol. The van der Waals surface area contributed by atoms with Crippen LogP contribution >= 0.6 is 0 Å². The molecular weight excluding hydrogens is 251 g/mol. The topological polar surface area (TPSA) is 57.6 Å². The number of carbonyl (C=O) groups is 2. The van der Waals surface area contributed by atoms with Crippen molar-refractivity contribution in [3.8, 4) is 0 Å². The summed E-state index contributed by atoms with van der Waals surface area (Å²) >= 11 is 0. The van der Waals surface area contributed by atoms with E-state index in [1.165, 1.54) is 7.05 Å². The molecule has 0 radical (unpaired) electrons. The molecule has 98 valence electrons. The Kier molecular flexibility index (Phi) is 4.30. The van der Waals surface area contributed by atoms with Gasteiger partial charge in [0.2, 0.25) is 0 Å². The molecule has 0 saturated heterocycles. The van der Waals surface area contributed by atoms with Gasteiger partial charge in [0.1, 0.15) is 0 Å². The molecule has 0 aliphatic carbocycles. The van der Waals surface area contributed by atoms with Crippen LogP contribution in [0.15, 0.2) is 12.1 Å². The van der Waals surface area contributed by atoms with Gasteiger partial charge in [-0.2, -0.15) is 0 Å². The maximum atomic E-state index is 12.9. The van der Waals surface area contributed by atoms with Gasteiger partial charge in [-0.25, -0.2) is 13.2 Å². The summed E-state index contributed by atoms with van der Waals surface area (Å²) in [4.78, 5) is 22.9. The van der Waals surface area contributed by atoms with Crippen molar-refractivity contribution in [2.24, 2.45) is 0 Å². The van der Waals surface area contributed by atoms with Crippen molar-refractivity contribution in [2.45, 2.75) is 6.42 Å². The number of halogens is 3. The van der Waals surface area contributed by atoms with Crippen molar-refractivity contribution in [1.29, 1.82) is 0 Å². The Balaban J connectivity index is 2.87. The minimum absolute atomic E-state index is 0.116. The molecule has 0 spiro atoms. The predicted octanol–water partition coefficient (Wildman–Crippen LogP) is 1.65. The fourth-order valence-electron chi connectivity index (χ4n) is 1.26. The standard InChI is InChI=1S/C11H10F3NO3/c1-15(3-2-9(16)17)11(18)6-4-7(12)10(14)8(13)5-6/h4-5H,2-3H2,1H3,(H,16,17). The summed E-state index contributed by atoms with van der Waals surface area (Å²) in [6, 6.07) is 1.13. The van der Waals surface area contributed by atoms with E-state index in [4.69, 9.17) is 5.11 Å². The Bertz CT molecular complexity index is 467.